The summed E-state index contributed by atoms with van der Waals surface area (Å²) >= 11 is 0. The fourth-order valence-corrected chi connectivity index (χ4v) is 5.31. The lowest BCUT2D eigenvalue weighted by atomic mass is 9.46. The second-order valence-electron chi connectivity index (χ2n) is 8.28. The van der Waals surface area contributed by atoms with Crippen LogP contribution in [0.25, 0.3) is 0 Å². The molecule has 1 spiro atoms. The Hall–Kier alpha value is -1.02. The topological polar surface area (TPSA) is 54.9 Å². The summed E-state index contributed by atoms with van der Waals surface area (Å²) in [6.45, 7) is 6.80. The molecule has 2 aliphatic carbocycles. The van der Waals surface area contributed by atoms with Gasteiger partial charge < -0.3 is 20.1 Å². The standard InChI is InChI=1S/C22H33N3O2.HI/c1-4-23-21(24-12-8-16-14-15(2)6-7-18(16)26-3)25-19-17-9-13-27-20(17)22(19)10-5-11-22;/h6-7,14,17,19-20H,4-5,8-13H2,1-3H3,(H2,23,24,25);1H. The minimum atomic E-state index is 0. The van der Waals surface area contributed by atoms with Crippen molar-refractivity contribution in [2.24, 2.45) is 16.3 Å². The maximum Gasteiger partial charge on any atom is 0.191 e. The van der Waals surface area contributed by atoms with Crippen LogP contribution in [0, 0.1) is 18.3 Å². The Morgan fingerprint density at radius 1 is 1.36 bits per heavy atom. The van der Waals surface area contributed by atoms with Crippen molar-refractivity contribution in [1.29, 1.82) is 0 Å². The third kappa shape index (κ3) is 3.86. The van der Waals surface area contributed by atoms with Gasteiger partial charge in [-0.1, -0.05) is 24.1 Å². The van der Waals surface area contributed by atoms with E-state index >= 15 is 0 Å². The van der Waals surface area contributed by atoms with Gasteiger partial charge in [-0.2, -0.15) is 0 Å². The molecule has 6 heteroatoms. The Balaban J connectivity index is 0.00000225. The van der Waals surface area contributed by atoms with Gasteiger partial charge in [0.15, 0.2) is 5.96 Å². The van der Waals surface area contributed by atoms with Gasteiger partial charge in [0.1, 0.15) is 5.75 Å². The molecule has 5 nitrogen and oxygen atoms in total. The minimum Gasteiger partial charge on any atom is -0.496 e. The number of halogens is 1. The lowest BCUT2D eigenvalue weighted by molar-refractivity contribution is -0.171. The zero-order valence-corrected chi connectivity index (χ0v) is 19.6. The summed E-state index contributed by atoms with van der Waals surface area (Å²) in [6.07, 6.45) is 6.49. The van der Waals surface area contributed by atoms with E-state index in [1.807, 2.05) is 6.07 Å². The summed E-state index contributed by atoms with van der Waals surface area (Å²) in [5, 5.41) is 7.21. The van der Waals surface area contributed by atoms with Gasteiger partial charge in [-0.05, 0) is 51.2 Å². The number of benzene rings is 1. The third-order valence-corrected chi connectivity index (χ3v) is 6.76. The van der Waals surface area contributed by atoms with Crippen molar-refractivity contribution in [3.8, 4) is 5.75 Å². The van der Waals surface area contributed by atoms with Gasteiger partial charge in [-0.25, -0.2) is 0 Å². The molecule has 0 aromatic heterocycles. The molecule has 0 bridgehead atoms. The van der Waals surface area contributed by atoms with Gasteiger partial charge in [0.05, 0.1) is 13.2 Å². The summed E-state index contributed by atoms with van der Waals surface area (Å²) in [4.78, 5) is 4.87. The predicted octanol–water partition coefficient (Wildman–Crippen LogP) is 3.68. The van der Waals surface area contributed by atoms with Gasteiger partial charge in [0.25, 0.3) is 0 Å². The van der Waals surface area contributed by atoms with Gasteiger partial charge in [-0.15, -0.1) is 24.0 Å². The normalized spacial score (nSPS) is 27.2. The Morgan fingerprint density at radius 2 is 2.18 bits per heavy atom. The van der Waals surface area contributed by atoms with E-state index in [9.17, 15) is 0 Å². The van der Waals surface area contributed by atoms with E-state index in [4.69, 9.17) is 14.5 Å². The van der Waals surface area contributed by atoms with Crippen LogP contribution in [0.4, 0.5) is 0 Å². The molecule has 3 unspecified atom stereocenters. The van der Waals surface area contributed by atoms with Crippen molar-refractivity contribution in [3.63, 3.8) is 0 Å². The van der Waals surface area contributed by atoms with Crippen LogP contribution < -0.4 is 15.4 Å². The Morgan fingerprint density at radius 3 is 2.86 bits per heavy atom. The number of nitrogens with one attached hydrogen (secondary N) is 2. The van der Waals surface area contributed by atoms with Crippen molar-refractivity contribution >= 4 is 29.9 Å². The van der Waals surface area contributed by atoms with Crippen LogP contribution in [0.5, 0.6) is 5.75 Å². The average molecular weight is 499 g/mol. The highest BCUT2D eigenvalue weighted by Crippen LogP contribution is 2.62. The smallest absolute Gasteiger partial charge is 0.191 e. The van der Waals surface area contributed by atoms with Crippen LogP contribution in [0.3, 0.4) is 0 Å². The fourth-order valence-electron chi connectivity index (χ4n) is 5.31. The SMILES string of the molecule is CCNC(=NCCc1cc(C)ccc1OC)NC1C2CCOC2C12CCC2.I. The van der Waals surface area contributed by atoms with Crippen molar-refractivity contribution in [3.05, 3.63) is 29.3 Å². The Bertz CT molecular complexity index is 705. The highest BCUT2D eigenvalue weighted by molar-refractivity contribution is 14.0. The number of hydrogen-bond donors (Lipinski definition) is 2. The molecule has 28 heavy (non-hydrogen) atoms. The molecule has 2 N–H and O–H groups in total. The lowest BCUT2D eigenvalue weighted by Crippen LogP contribution is -2.72. The van der Waals surface area contributed by atoms with E-state index < -0.39 is 0 Å². The molecule has 0 amide bonds. The fraction of sp³-hybridized carbons (Fsp3) is 0.682. The Kier molecular flexibility index (Phi) is 7.12. The largest absolute Gasteiger partial charge is 0.496 e. The molecule has 1 heterocycles. The average Bonchev–Trinajstić information content (AvgIpc) is 3.03. The summed E-state index contributed by atoms with van der Waals surface area (Å²) < 4.78 is 11.5. The van der Waals surface area contributed by atoms with E-state index in [0.717, 1.165) is 37.8 Å². The molecule has 1 aromatic rings. The van der Waals surface area contributed by atoms with E-state index in [1.165, 1.54) is 36.8 Å². The zero-order chi connectivity index (χ0) is 18.9. The highest BCUT2D eigenvalue weighted by Gasteiger charge is 2.66. The van der Waals surface area contributed by atoms with Crippen molar-refractivity contribution in [1.82, 2.24) is 10.6 Å². The summed E-state index contributed by atoms with van der Waals surface area (Å²) in [6, 6.07) is 6.86. The first kappa shape index (κ1) is 21.7. The van der Waals surface area contributed by atoms with Crippen molar-refractivity contribution in [2.45, 2.75) is 58.1 Å². The molecule has 1 aliphatic heterocycles. The van der Waals surface area contributed by atoms with Gasteiger partial charge in [0, 0.05) is 37.1 Å². The van der Waals surface area contributed by atoms with Crippen LogP contribution in [-0.4, -0.2) is 44.9 Å². The number of fused-ring (bicyclic) bond motifs is 2. The molecule has 1 saturated heterocycles. The van der Waals surface area contributed by atoms with Gasteiger partial charge in [0.2, 0.25) is 0 Å². The van der Waals surface area contributed by atoms with Crippen LogP contribution in [-0.2, 0) is 11.2 Å². The molecule has 3 fully saturated rings. The second-order valence-corrected chi connectivity index (χ2v) is 8.28. The third-order valence-electron chi connectivity index (χ3n) is 6.76. The number of methoxy groups -OCH3 is 1. The lowest BCUT2D eigenvalue weighted by Gasteiger charge is -2.63. The molecule has 2 saturated carbocycles. The summed E-state index contributed by atoms with van der Waals surface area (Å²) in [5.74, 6) is 2.56. The first-order valence-electron chi connectivity index (χ1n) is 10.5. The first-order valence-corrected chi connectivity index (χ1v) is 10.5. The monoisotopic (exact) mass is 499 g/mol. The predicted molar refractivity (Wildman–Crippen MR) is 124 cm³/mol. The number of rotatable bonds is 6. The van der Waals surface area contributed by atoms with Crippen molar-refractivity contribution < 1.29 is 9.47 Å². The van der Waals surface area contributed by atoms with Crippen LogP contribution in [0.1, 0.15) is 43.7 Å². The van der Waals surface area contributed by atoms with Gasteiger partial charge in [-0.3, -0.25) is 4.99 Å². The summed E-state index contributed by atoms with van der Waals surface area (Å²) in [5.41, 5.74) is 2.85. The van der Waals surface area contributed by atoms with Crippen LogP contribution in [0.15, 0.2) is 23.2 Å². The number of aliphatic imine (C=N–C) groups is 1. The number of guanidine groups is 1. The molecule has 3 aliphatic rings. The number of aryl methyl sites for hydroxylation is 1. The Labute approximate surface area is 186 Å². The molecule has 0 radical (unpaired) electrons. The number of ether oxygens (including phenoxy) is 2. The minimum absolute atomic E-state index is 0. The second kappa shape index (κ2) is 9.20. The molecule has 156 valence electrons. The van der Waals surface area contributed by atoms with E-state index in [2.05, 4.69) is 36.6 Å². The van der Waals surface area contributed by atoms with E-state index in [-0.39, 0.29) is 24.0 Å². The first-order chi connectivity index (χ1) is 13.2. The molecule has 4 rings (SSSR count). The maximum absolute atomic E-state index is 6.04. The maximum atomic E-state index is 6.04. The summed E-state index contributed by atoms with van der Waals surface area (Å²) in [7, 11) is 1.73. The van der Waals surface area contributed by atoms with Crippen LogP contribution >= 0.6 is 24.0 Å². The number of hydrogen-bond acceptors (Lipinski definition) is 3. The molecule has 3 atom stereocenters. The van der Waals surface area contributed by atoms with E-state index in [1.54, 1.807) is 7.11 Å². The van der Waals surface area contributed by atoms with Crippen LogP contribution in [0.2, 0.25) is 0 Å². The van der Waals surface area contributed by atoms with E-state index in [0.29, 0.717) is 23.5 Å². The molecule has 1 aromatic carbocycles. The van der Waals surface area contributed by atoms with Gasteiger partial charge >= 0.3 is 0 Å². The van der Waals surface area contributed by atoms with Crippen molar-refractivity contribution in [2.75, 3.05) is 26.8 Å². The highest BCUT2D eigenvalue weighted by atomic mass is 127. The molecular formula is C22H34IN3O2. The zero-order valence-electron chi connectivity index (χ0n) is 17.3. The quantitative estimate of drug-likeness (QED) is 0.356. The molecular weight excluding hydrogens is 465 g/mol. The number of nitrogens with zero attached hydrogens (tertiary/aromatic N) is 1.